The van der Waals surface area contributed by atoms with Crippen molar-refractivity contribution in [3.63, 3.8) is 0 Å². The van der Waals surface area contributed by atoms with Crippen LogP contribution in [-0.4, -0.2) is 16.4 Å². The number of rotatable bonds is 4. The van der Waals surface area contributed by atoms with E-state index in [1.165, 1.54) is 0 Å². The summed E-state index contributed by atoms with van der Waals surface area (Å²) in [5.74, 6) is 0.166. The van der Waals surface area contributed by atoms with Crippen LogP contribution in [0.3, 0.4) is 0 Å². The van der Waals surface area contributed by atoms with Gasteiger partial charge in [0, 0.05) is 34.1 Å². The van der Waals surface area contributed by atoms with Crippen molar-refractivity contribution < 1.29 is 9.00 Å². The first kappa shape index (κ1) is 14.9. The van der Waals surface area contributed by atoms with E-state index in [-0.39, 0.29) is 5.91 Å². The number of carbonyl (C=O) groups excluding carboxylic acids is 1. The van der Waals surface area contributed by atoms with Gasteiger partial charge in [0.05, 0.1) is 11.6 Å². The van der Waals surface area contributed by atoms with E-state index in [9.17, 15) is 9.00 Å². The van der Waals surface area contributed by atoms with Crippen LogP contribution in [0.2, 0.25) is 0 Å². The Morgan fingerprint density at radius 3 is 2.71 bits per heavy atom. The molecule has 1 amide bonds. The lowest BCUT2D eigenvalue weighted by Gasteiger charge is -2.07. The Morgan fingerprint density at radius 1 is 1.24 bits per heavy atom. The lowest BCUT2D eigenvalue weighted by molar-refractivity contribution is 0.102. The van der Waals surface area contributed by atoms with E-state index in [1.54, 1.807) is 48.7 Å². The predicted octanol–water partition coefficient (Wildman–Crippen LogP) is 2.69. The van der Waals surface area contributed by atoms with Crippen molar-refractivity contribution in [1.29, 1.82) is 5.26 Å². The van der Waals surface area contributed by atoms with Crippen molar-refractivity contribution in [2.75, 3.05) is 11.6 Å². The maximum atomic E-state index is 12.2. The first-order chi connectivity index (χ1) is 10.1. The summed E-state index contributed by atoms with van der Waals surface area (Å²) in [5.41, 5.74) is 2.42. The summed E-state index contributed by atoms with van der Waals surface area (Å²) in [7, 11) is -0.948. The zero-order chi connectivity index (χ0) is 15.2. The van der Waals surface area contributed by atoms with Crippen LogP contribution in [0, 0.1) is 11.3 Å². The highest BCUT2D eigenvalue weighted by Gasteiger charge is 2.07. The van der Waals surface area contributed by atoms with E-state index >= 15 is 0 Å². The number of carbonyl (C=O) groups is 1. The summed E-state index contributed by atoms with van der Waals surface area (Å²) in [4.78, 5) is 12.2. The predicted molar refractivity (Wildman–Crippen MR) is 83.3 cm³/mol. The van der Waals surface area contributed by atoms with Crippen LogP contribution in [0.25, 0.3) is 0 Å². The smallest absolute Gasteiger partial charge is 0.255 e. The van der Waals surface area contributed by atoms with Crippen LogP contribution >= 0.6 is 0 Å². The van der Waals surface area contributed by atoms with E-state index < -0.39 is 10.8 Å². The van der Waals surface area contributed by atoms with Gasteiger partial charge in [0.25, 0.3) is 5.91 Å². The third-order valence-corrected chi connectivity index (χ3v) is 3.55. The van der Waals surface area contributed by atoms with E-state index in [0.29, 0.717) is 22.6 Å². The van der Waals surface area contributed by atoms with Crippen molar-refractivity contribution in [3.05, 3.63) is 65.2 Å². The van der Waals surface area contributed by atoms with Gasteiger partial charge in [-0.3, -0.25) is 9.00 Å². The molecule has 2 aromatic rings. The molecule has 4 nitrogen and oxygen atoms in total. The van der Waals surface area contributed by atoms with E-state index in [4.69, 9.17) is 5.26 Å². The lowest BCUT2D eigenvalue weighted by Crippen LogP contribution is -2.12. The first-order valence-electron chi connectivity index (χ1n) is 6.29. The van der Waals surface area contributed by atoms with Crippen LogP contribution in [0.15, 0.2) is 48.5 Å². The number of anilines is 1. The van der Waals surface area contributed by atoms with E-state index in [2.05, 4.69) is 5.32 Å². The monoisotopic (exact) mass is 298 g/mol. The molecule has 2 rings (SSSR count). The van der Waals surface area contributed by atoms with Crippen LogP contribution < -0.4 is 5.32 Å². The van der Waals surface area contributed by atoms with Gasteiger partial charge in [-0.05, 0) is 35.9 Å². The molecule has 1 N–H and O–H groups in total. The highest BCUT2D eigenvalue weighted by molar-refractivity contribution is 7.83. The average molecular weight is 298 g/mol. The van der Waals surface area contributed by atoms with E-state index in [0.717, 1.165) is 5.56 Å². The zero-order valence-corrected chi connectivity index (χ0v) is 12.3. The molecule has 2 aromatic carbocycles. The van der Waals surface area contributed by atoms with Crippen molar-refractivity contribution >= 4 is 22.4 Å². The van der Waals surface area contributed by atoms with Gasteiger partial charge < -0.3 is 5.32 Å². The largest absolute Gasteiger partial charge is 0.322 e. The van der Waals surface area contributed by atoms with Gasteiger partial charge in [0.15, 0.2) is 0 Å². The van der Waals surface area contributed by atoms with Gasteiger partial charge in [0.2, 0.25) is 0 Å². The minimum absolute atomic E-state index is 0.256. The third-order valence-electron chi connectivity index (χ3n) is 2.81. The molecule has 0 saturated carbocycles. The van der Waals surface area contributed by atoms with Crippen LogP contribution in [0.5, 0.6) is 0 Å². The number of hydrogen-bond donors (Lipinski definition) is 1. The van der Waals surface area contributed by atoms with Gasteiger partial charge in [-0.1, -0.05) is 18.2 Å². The van der Waals surface area contributed by atoms with Crippen molar-refractivity contribution in [3.8, 4) is 6.07 Å². The topological polar surface area (TPSA) is 70.0 Å². The standard InChI is InChI=1S/C16H14N2O2S/c1-21(20)11-13-5-2-6-14(8-13)16(19)18-15-7-3-4-12(9-15)10-17/h2-9H,11H2,1H3,(H,18,19). The zero-order valence-electron chi connectivity index (χ0n) is 11.5. The number of nitriles is 1. The molecule has 0 aliphatic heterocycles. The fourth-order valence-electron chi connectivity index (χ4n) is 1.91. The molecule has 5 heteroatoms. The molecule has 0 heterocycles. The Kier molecular flexibility index (Phi) is 4.85. The molecule has 0 bridgehead atoms. The number of amides is 1. The number of nitrogens with zero attached hydrogens (tertiary/aromatic N) is 1. The summed E-state index contributed by atoms with van der Waals surface area (Å²) in [6.45, 7) is 0. The van der Waals surface area contributed by atoms with Gasteiger partial charge in [-0.2, -0.15) is 5.26 Å². The number of hydrogen-bond acceptors (Lipinski definition) is 3. The molecule has 0 aromatic heterocycles. The Labute approximate surface area is 125 Å². The van der Waals surface area contributed by atoms with Crippen molar-refractivity contribution in [2.24, 2.45) is 0 Å². The quantitative estimate of drug-likeness (QED) is 0.943. The SMILES string of the molecule is CS(=O)Cc1cccc(C(=O)Nc2cccc(C#N)c2)c1. The molecule has 0 spiro atoms. The number of nitrogens with one attached hydrogen (secondary N) is 1. The summed E-state index contributed by atoms with van der Waals surface area (Å²) < 4.78 is 11.2. The minimum Gasteiger partial charge on any atom is -0.322 e. The van der Waals surface area contributed by atoms with Crippen LogP contribution in [-0.2, 0) is 16.6 Å². The Balaban J connectivity index is 2.16. The van der Waals surface area contributed by atoms with Crippen LogP contribution in [0.4, 0.5) is 5.69 Å². The van der Waals surface area contributed by atoms with E-state index in [1.807, 2.05) is 12.1 Å². The molecule has 1 atom stereocenters. The minimum atomic E-state index is -0.948. The molecular weight excluding hydrogens is 284 g/mol. The fourth-order valence-corrected chi connectivity index (χ4v) is 2.56. The third kappa shape index (κ3) is 4.26. The Hall–Kier alpha value is -2.45. The average Bonchev–Trinajstić information content (AvgIpc) is 2.47. The highest BCUT2D eigenvalue weighted by atomic mass is 32.2. The lowest BCUT2D eigenvalue weighted by atomic mass is 10.1. The molecule has 0 aliphatic carbocycles. The molecule has 1 unspecified atom stereocenters. The Morgan fingerprint density at radius 2 is 2.00 bits per heavy atom. The Bertz CT molecular complexity index is 735. The first-order valence-corrected chi connectivity index (χ1v) is 8.01. The second-order valence-corrected chi connectivity index (χ2v) is 6.00. The van der Waals surface area contributed by atoms with Crippen LogP contribution in [0.1, 0.15) is 21.5 Å². The van der Waals surface area contributed by atoms with Gasteiger partial charge in [-0.25, -0.2) is 0 Å². The second kappa shape index (κ2) is 6.82. The number of benzene rings is 2. The molecule has 0 saturated heterocycles. The van der Waals surface area contributed by atoms with Gasteiger partial charge in [-0.15, -0.1) is 0 Å². The maximum absolute atomic E-state index is 12.2. The van der Waals surface area contributed by atoms with Gasteiger partial charge in [0.1, 0.15) is 0 Å². The summed E-state index contributed by atoms with van der Waals surface area (Å²) >= 11 is 0. The summed E-state index contributed by atoms with van der Waals surface area (Å²) in [5, 5.41) is 11.6. The second-order valence-electron chi connectivity index (χ2n) is 4.56. The molecule has 21 heavy (non-hydrogen) atoms. The fraction of sp³-hybridized carbons (Fsp3) is 0.125. The molecule has 0 aliphatic rings. The normalized spacial score (nSPS) is 11.4. The van der Waals surface area contributed by atoms with Crippen molar-refractivity contribution in [2.45, 2.75) is 5.75 Å². The molecule has 106 valence electrons. The molecule has 0 radical (unpaired) electrons. The molecule has 0 fully saturated rings. The maximum Gasteiger partial charge on any atom is 0.255 e. The highest BCUT2D eigenvalue weighted by Crippen LogP contribution is 2.13. The van der Waals surface area contributed by atoms with Crippen molar-refractivity contribution in [1.82, 2.24) is 0 Å². The summed E-state index contributed by atoms with van der Waals surface area (Å²) in [6, 6.07) is 15.8. The summed E-state index contributed by atoms with van der Waals surface area (Å²) in [6.07, 6.45) is 1.63. The molecular formula is C16H14N2O2S. The van der Waals surface area contributed by atoms with Gasteiger partial charge >= 0.3 is 0 Å².